The molecule has 3 amide bonds. The predicted octanol–water partition coefficient (Wildman–Crippen LogP) is -1.74. The van der Waals surface area contributed by atoms with E-state index in [4.69, 9.17) is 4.74 Å². The monoisotopic (exact) mass is 377 g/mol. The van der Waals surface area contributed by atoms with Gasteiger partial charge < -0.3 is 25.6 Å². The Balaban J connectivity index is 1.88. The van der Waals surface area contributed by atoms with E-state index in [1.807, 2.05) is 0 Å². The quantitative estimate of drug-likeness (QED) is 0.454. The van der Waals surface area contributed by atoms with Gasteiger partial charge in [0.2, 0.25) is 0 Å². The number of imidazole rings is 1. The van der Waals surface area contributed by atoms with Gasteiger partial charge in [-0.2, -0.15) is 0 Å². The number of anilines is 1. The molecule has 0 aromatic carbocycles. The smallest absolute Gasteiger partial charge is 0.275 e. The third-order valence-corrected chi connectivity index (χ3v) is 5.12. The van der Waals surface area contributed by atoms with Crippen molar-refractivity contribution in [2.24, 2.45) is 5.92 Å². The van der Waals surface area contributed by atoms with E-state index in [0.29, 0.717) is 5.82 Å². The summed E-state index contributed by atoms with van der Waals surface area (Å²) in [5.74, 6) is -1.51. The van der Waals surface area contributed by atoms with Crippen molar-refractivity contribution in [1.82, 2.24) is 19.8 Å². The molecular weight excluding hydrogens is 358 g/mol. The zero-order valence-corrected chi connectivity index (χ0v) is 14.7. The molecule has 27 heavy (non-hydrogen) atoms. The van der Waals surface area contributed by atoms with E-state index >= 15 is 0 Å². The molecule has 0 bridgehead atoms. The van der Waals surface area contributed by atoms with E-state index in [0.717, 1.165) is 11.0 Å². The van der Waals surface area contributed by atoms with Crippen LogP contribution in [0.4, 0.5) is 5.82 Å². The molecule has 1 saturated heterocycles. The Morgan fingerprint density at radius 1 is 1.33 bits per heavy atom. The molecule has 4 atom stereocenters. The van der Waals surface area contributed by atoms with Crippen LogP contribution in [0.15, 0.2) is 6.08 Å². The van der Waals surface area contributed by atoms with Crippen LogP contribution in [0.25, 0.3) is 5.57 Å². The molecule has 1 fully saturated rings. The maximum Gasteiger partial charge on any atom is 0.275 e. The summed E-state index contributed by atoms with van der Waals surface area (Å²) in [7, 11) is 1.35. The second-order valence-electron chi connectivity index (χ2n) is 6.72. The molecule has 4 heterocycles. The van der Waals surface area contributed by atoms with Crippen LogP contribution in [0.5, 0.6) is 0 Å². The molecule has 4 rings (SSSR count). The molecule has 4 N–H and O–H groups in total. The standard InChI is InChI=1S/C16H19N5O6/c1-6-11(24)8(4-22)27-16(6)21-12(7-3-9(23)20(2)15(7)26)19-10-13(21)17-5-18-14(10)25/h3,6,8,11,16-17,22,24H,4-5H2,1-2H3,(H,18,25). The molecular formula is C16H19N5O6. The van der Waals surface area contributed by atoms with E-state index < -0.39 is 42.1 Å². The van der Waals surface area contributed by atoms with E-state index in [1.165, 1.54) is 11.6 Å². The first-order valence-electron chi connectivity index (χ1n) is 8.48. The number of amides is 3. The number of rotatable bonds is 3. The lowest BCUT2D eigenvalue weighted by Gasteiger charge is -2.24. The number of carbonyl (C=O) groups excluding carboxylic acids is 3. The average molecular weight is 377 g/mol. The van der Waals surface area contributed by atoms with Gasteiger partial charge in [0.1, 0.15) is 18.1 Å². The van der Waals surface area contributed by atoms with Gasteiger partial charge in [-0.3, -0.25) is 23.9 Å². The Hall–Kier alpha value is -2.76. The van der Waals surface area contributed by atoms with Crippen molar-refractivity contribution in [3.8, 4) is 0 Å². The average Bonchev–Trinajstić information content (AvgIpc) is 3.25. The second kappa shape index (κ2) is 6.15. The predicted molar refractivity (Wildman–Crippen MR) is 90.1 cm³/mol. The second-order valence-corrected chi connectivity index (χ2v) is 6.72. The highest BCUT2D eigenvalue weighted by atomic mass is 16.5. The minimum atomic E-state index is -0.944. The number of hydrogen-bond acceptors (Lipinski definition) is 8. The Morgan fingerprint density at radius 2 is 2.07 bits per heavy atom. The van der Waals surface area contributed by atoms with Gasteiger partial charge in [-0.1, -0.05) is 6.92 Å². The van der Waals surface area contributed by atoms with Crippen molar-refractivity contribution >= 4 is 29.1 Å². The topological polar surface area (TPSA) is 146 Å². The molecule has 0 spiro atoms. The van der Waals surface area contributed by atoms with Gasteiger partial charge in [-0.15, -0.1) is 0 Å². The highest BCUT2D eigenvalue weighted by Gasteiger charge is 2.45. The molecule has 11 heteroatoms. The van der Waals surface area contributed by atoms with Gasteiger partial charge >= 0.3 is 0 Å². The van der Waals surface area contributed by atoms with Crippen LogP contribution in [0.1, 0.15) is 29.5 Å². The summed E-state index contributed by atoms with van der Waals surface area (Å²) >= 11 is 0. The summed E-state index contributed by atoms with van der Waals surface area (Å²) < 4.78 is 7.29. The molecule has 4 unspecified atom stereocenters. The summed E-state index contributed by atoms with van der Waals surface area (Å²) in [6.45, 7) is 1.49. The lowest BCUT2D eigenvalue weighted by molar-refractivity contribution is -0.134. The summed E-state index contributed by atoms with van der Waals surface area (Å²) in [5.41, 5.74) is 0.0916. The van der Waals surface area contributed by atoms with Gasteiger partial charge in [0.05, 0.1) is 25.0 Å². The van der Waals surface area contributed by atoms with Crippen LogP contribution in [0.3, 0.4) is 0 Å². The molecule has 0 saturated carbocycles. The molecule has 3 aliphatic heterocycles. The zero-order valence-electron chi connectivity index (χ0n) is 14.7. The van der Waals surface area contributed by atoms with Crippen LogP contribution < -0.4 is 10.6 Å². The molecule has 0 radical (unpaired) electrons. The third-order valence-electron chi connectivity index (χ3n) is 5.12. The summed E-state index contributed by atoms with van der Waals surface area (Å²) in [5, 5.41) is 25.3. The first-order chi connectivity index (χ1) is 12.8. The maximum absolute atomic E-state index is 12.5. The molecule has 0 aliphatic carbocycles. The van der Waals surface area contributed by atoms with Gasteiger partial charge in [0.25, 0.3) is 17.7 Å². The van der Waals surface area contributed by atoms with Crippen molar-refractivity contribution < 1.29 is 29.3 Å². The fourth-order valence-corrected chi connectivity index (χ4v) is 3.55. The number of carbonyl (C=O) groups is 3. The summed E-state index contributed by atoms with van der Waals surface area (Å²) in [6, 6.07) is 0. The van der Waals surface area contributed by atoms with Crippen molar-refractivity contribution in [2.75, 3.05) is 25.6 Å². The molecule has 1 aromatic rings. The Morgan fingerprint density at radius 3 is 2.67 bits per heavy atom. The van der Waals surface area contributed by atoms with Crippen molar-refractivity contribution in [2.45, 2.75) is 25.4 Å². The van der Waals surface area contributed by atoms with Gasteiger partial charge in [-0.05, 0) is 0 Å². The number of imide groups is 1. The first-order valence-corrected chi connectivity index (χ1v) is 8.48. The zero-order chi connectivity index (χ0) is 19.5. The molecule has 11 nitrogen and oxygen atoms in total. The first kappa shape index (κ1) is 17.6. The van der Waals surface area contributed by atoms with Gasteiger partial charge in [0.15, 0.2) is 11.5 Å². The molecule has 144 valence electrons. The largest absolute Gasteiger partial charge is 0.394 e. The number of nitrogens with one attached hydrogen (secondary N) is 2. The van der Waals surface area contributed by atoms with Crippen LogP contribution in [0.2, 0.25) is 0 Å². The van der Waals surface area contributed by atoms with Crippen LogP contribution in [-0.4, -0.2) is 74.9 Å². The normalized spacial score (nSPS) is 30.3. The number of aliphatic hydroxyl groups excluding tert-OH is 2. The number of hydrogen-bond donors (Lipinski definition) is 4. The van der Waals surface area contributed by atoms with E-state index in [9.17, 15) is 24.6 Å². The molecule has 1 aromatic heterocycles. The highest BCUT2D eigenvalue weighted by molar-refractivity contribution is 6.32. The minimum Gasteiger partial charge on any atom is -0.394 e. The van der Waals surface area contributed by atoms with Crippen molar-refractivity contribution in [3.63, 3.8) is 0 Å². The number of nitrogens with zero attached hydrogens (tertiary/aromatic N) is 3. The lowest BCUT2D eigenvalue weighted by Crippen LogP contribution is -2.36. The SMILES string of the molecule is CC1C(O)C(CO)OC1n1c(C2=CC(=O)N(C)C2=O)nc2c1NCNC2=O. The minimum absolute atomic E-state index is 0.0317. The van der Waals surface area contributed by atoms with Crippen LogP contribution >= 0.6 is 0 Å². The van der Waals surface area contributed by atoms with Crippen LogP contribution in [0, 0.1) is 5.92 Å². The van der Waals surface area contributed by atoms with Crippen LogP contribution in [-0.2, 0) is 14.3 Å². The third kappa shape index (κ3) is 2.46. The van der Waals surface area contributed by atoms with Gasteiger partial charge in [-0.25, -0.2) is 4.98 Å². The number of ether oxygens (including phenoxy) is 1. The summed E-state index contributed by atoms with van der Waals surface area (Å²) in [6.07, 6.45) is -1.40. The number of fused-ring (bicyclic) bond motifs is 1. The number of likely N-dealkylation sites (N-methyl/N-ethyl adjacent to an activating group) is 1. The Kier molecular flexibility index (Phi) is 4.02. The van der Waals surface area contributed by atoms with E-state index in [2.05, 4.69) is 15.6 Å². The fraction of sp³-hybridized carbons (Fsp3) is 0.500. The van der Waals surface area contributed by atoms with Crippen molar-refractivity contribution in [3.05, 3.63) is 17.6 Å². The van der Waals surface area contributed by atoms with Crippen molar-refractivity contribution in [1.29, 1.82) is 0 Å². The fourth-order valence-electron chi connectivity index (χ4n) is 3.55. The number of aliphatic hydroxyl groups is 2. The van der Waals surface area contributed by atoms with Gasteiger partial charge in [0, 0.05) is 19.0 Å². The Labute approximate surface area is 153 Å². The van der Waals surface area contributed by atoms with E-state index in [-0.39, 0.29) is 30.4 Å². The lowest BCUT2D eigenvalue weighted by atomic mass is 10.0. The molecule has 3 aliphatic rings. The highest BCUT2D eigenvalue weighted by Crippen LogP contribution is 2.40. The maximum atomic E-state index is 12.5. The van der Waals surface area contributed by atoms with E-state index in [1.54, 1.807) is 6.92 Å². The number of aromatic nitrogens is 2. The summed E-state index contributed by atoms with van der Waals surface area (Å²) in [4.78, 5) is 41.8. The Bertz CT molecular complexity index is 877.